The third-order valence-electron chi connectivity index (χ3n) is 2.60. The van der Waals surface area contributed by atoms with Gasteiger partial charge in [0.25, 0.3) is 0 Å². The Kier molecular flexibility index (Phi) is 4.99. The van der Waals surface area contributed by atoms with E-state index >= 15 is 0 Å². The van der Waals surface area contributed by atoms with Gasteiger partial charge in [-0.1, -0.05) is 25.2 Å². The molecule has 1 aromatic carbocycles. The Balaban J connectivity index is 2.05. The van der Waals surface area contributed by atoms with Crippen molar-refractivity contribution in [1.29, 1.82) is 0 Å². The van der Waals surface area contributed by atoms with Crippen LogP contribution in [0.4, 0.5) is 5.13 Å². The van der Waals surface area contributed by atoms with Crippen molar-refractivity contribution < 1.29 is 4.74 Å². The van der Waals surface area contributed by atoms with E-state index in [0.29, 0.717) is 12.5 Å². The molecule has 0 bridgehead atoms. The van der Waals surface area contributed by atoms with Crippen LogP contribution in [0, 0.1) is 5.92 Å². The van der Waals surface area contributed by atoms with Gasteiger partial charge >= 0.3 is 0 Å². The van der Waals surface area contributed by atoms with Gasteiger partial charge in [0.15, 0.2) is 5.13 Å². The minimum absolute atomic E-state index is 0.533. The van der Waals surface area contributed by atoms with Crippen molar-refractivity contribution in [2.45, 2.75) is 20.3 Å². The fraction of sp³-hybridized carbons (Fsp3) is 0.500. The van der Waals surface area contributed by atoms with Gasteiger partial charge in [0.2, 0.25) is 0 Å². The van der Waals surface area contributed by atoms with Crippen LogP contribution in [0.3, 0.4) is 0 Å². The Bertz CT molecular complexity index is 524. The van der Waals surface area contributed by atoms with Crippen molar-refractivity contribution in [3.05, 3.63) is 18.2 Å². The van der Waals surface area contributed by atoms with E-state index in [1.54, 1.807) is 11.3 Å². The van der Waals surface area contributed by atoms with Crippen LogP contribution >= 0.6 is 11.3 Å². The SMILES string of the molecule is CC(C)COc1ccc2nc(NCCCN)sc2c1. The van der Waals surface area contributed by atoms with E-state index < -0.39 is 0 Å². The average Bonchev–Trinajstić information content (AvgIpc) is 2.78. The maximum Gasteiger partial charge on any atom is 0.183 e. The molecule has 0 spiro atoms. The van der Waals surface area contributed by atoms with Crippen LogP contribution < -0.4 is 15.8 Å². The normalized spacial score (nSPS) is 11.2. The number of nitrogens with two attached hydrogens (primary N) is 1. The topological polar surface area (TPSA) is 60.2 Å². The molecule has 0 aliphatic rings. The zero-order valence-corrected chi connectivity index (χ0v) is 12.3. The molecule has 2 aromatic rings. The highest BCUT2D eigenvalue weighted by Crippen LogP contribution is 2.29. The molecule has 0 fully saturated rings. The van der Waals surface area contributed by atoms with Crippen LogP contribution in [0.5, 0.6) is 5.75 Å². The second-order valence-electron chi connectivity index (χ2n) is 4.92. The molecule has 0 aliphatic carbocycles. The first kappa shape index (κ1) is 14.1. The number of benzene rings is 1. The quantitative estimate of drug-likeness (QED) is 0.765. The summed E-state index contributed by atoms with van der Waals surface area (Å²) in [5.74, 6) is 1.45. The molecule has 1 aromatic heterocycles. The van der Waals surface area contributed by atoms with Crippen molar-refractivity contribution in [2.24, 2.45) is 11.7 Å². The first-order valence-corrected chi connectivity index (χ1v) is 7.48. The lowest BCUT2D eigenvalue weighted by Crippen LogP contribution is -2.07. The Labute approximate surface area is 118 Å². The van der Waals surface area contributed by atoms with Crippen LogP contribution in [0.1, 0.15) is 20.3 Å². The summed E-state index contributed by atoms with van der Waals surface area (Å²) in [6, 6.07) is 6.05. The number of anilines is 1. The largest absolute Gasteiger partial charge is 0.493 e. The molecule has 2 rings (SSSR count). The molecule has 0 saturated carbocycles. The predicted octanol–water partition coefficient (Wildman–Crippen LogP) is 3.09. The van der Waals surface area contributed by atoms with Crippen molar-refractivity contribution in [2.75, 3.05) is 25.0 Å². The Morgan fingerprint density at radius 2 is 2.26 bits per heavy atom. The summed E-state index contributed by atoms with van der Waals surface area (Å²) < 4.78 is 6.87. The zero-order valence-electron chi connectivity index (χ0n) is 11.5. The maximum atomic E-state index is 5.73. The first-order chi connectivity index (χ1) is 9.19. The minimum Gasteiger partial charge on any atom is -0.493 e. The second kappa shape index (κ2) is 6.73. The molecule has 104 valence electrons. The fourth-order valence-corrected chi connectivity index (χ4v) is 2.55. The monoisotopic (exact) mass is 279 g/mol. The number of aromatic nitrogens is 1. The molecule has 5 heteroatoms. The Morgan fingerprint density at radius 1 is 1.42 bits per heavy atom. The summed E-state index contributed by atoms with van der Waals surface area (Å²) >= 11 is 1.65. The number of nitrogens with one attached hydrogen (secondary N) is 1. The summed E-state index contributed by atoms with van der Waals surface area (Å²) in [6.07, 6.45) is 0.957. The fourth-order valence-electron chi connectivity index (χ4n) is 1.63. The van der Waals surface area contributed by atoms with E-state index in [0.717, 1.165) is 40.7 Å². The molecule has 0 amide bonds. The van der Waals surface area contributed by atoms with Crippen LogP contribution in [0.15, 0.2) is 18.2 Å². The average molecular weight is 279 g/mol. The first-order valence-electron chi connectivity index (χ1n) is 6.66. The summed E-state index contributed by atoms with van der Waals surface area (Å²) in [7, 11) is 0. The Hall–Kier alpha value is -1.33. The smallest absolute Gasteiger partial charge is 0.183 e. The summed E-state index contributed by atoms with van der Waals surface area (Å²) in [4.78, 5) is 4.53. The lowest BCUT2D eigenvalue weighted by molar-refractivity contribution is 0.271. The van der Waals surface area contributed by atoms with Gasteiger partial charge in [-0.25, -0.2) is 4.98 Å². The van der Waals surface area contributed by atoms with Crippen molar-refractivity contribution in [3.8, 4) is 5.75 Å². The van der Waals surface area contributed by atoms with Crippen LogP contribution in [-0.4, -0.2) is 24.7 Å². The van der Waals surface area contributed by atoms with Crippen molar-refractivity contribution in [3.63, 3.8) is 0 Å². The number of ether oxygens (including phenoxy) is 1. The van der Waals surface area contributed by atoms with E-state index in [1.807, 2.05) is 12.1 Å². The van der Waals surface area contributed by atoms with E-state index in [9.17, 15) is 0 Å². The summed E-state index contributed by atoms with van der Waals surface area (Å²) in [6.45, 7) is 6.60. The molecule has 0 saturated heterocycles. The maximum absolute atomic E-state index is 5.73. The van der Waals surface area contributed by atoms with Gasteiger partial charge in [0.05, 0.1) is 16.8 Å². The molecular formula is C14H21N3OS. The number of rotatable bonds is 7. The number of thiazole rings is 1. The zero-order chi connectivity index (χ0) is 13.7. The van der Waals surface area contributed by atoms with Gasteiger partial charge in [-0.2, -0.15) is 0 Å². The molecule has 0 unspecified atom stereocenters. The Morgan fingerprint density at radius 3 is 3.00 bits per heavy atom. The molecule has 4 nitrogen and oxygen atoms in total. The van der Waals surface area contributed by atoms with Gasteiger partial charge < -0.3 is 15.8 Å². The van der Waals surface area contributed by atoms with Gasteiger partial charge in [-0.05, 0) is 37.1 Å². The van der Waals surface area contributed by atoms with Gasteiger partial charge in [0, 0.05) is 6.54 Å². The molecule has 0 atom stereocenters. The van der Waals surface area contributed by atoms with Gasteiger partial charge in [-0.15, -0.1) is 0 Å². The lowest BCUT2D eigenvalue weighted by Gasteiger charge is -2.07. The molecule has 3 N–H and O–H groups in total. The van der Waals surface area contributed by atoms with Crippen LogP contribution in [0.25, 0.3) is 10.2 Å². The highest BCUT2D eigenvalue weighted by molar-refractivity contribution is 7.22. The third kappa shape index (κ3) is 4.08. The standard InChI is InChI=1S/C14H21N3OS/c1-10(2)9-18-11-4-5-12-13(8-11)19-14(17-12)16-7-3-6-15/h4-5,8,10H,3,6-7,9,15H2,1-2H3,(H,16,17). The number of hydrogen-bond donors (Lipinski definition) is 2. The lowest BCUT2D eigenvalue weighted by atomic mass is 10.2. The molecule has 1 heterocycles. The van der Waals surface area contributed by atoms with E-state index in [-0.39, 0.29) is 0 Å². The molecule has 19 heavy (non-hydrogen) atoms. The highest BCUT2D eigenvalue weighted by atomic mass is 32.1. The minimum atomic E-state index is 0.533. The van der Waals surface area contributed by atoms with Crippen molar-refractivity contribution >= 4 is 26.7 Å². The number of fused-ring (bicyclic) bond motifs is 1. The second-order valence-corrected chi connectivity index (χ2v) is 5.95. The van der Waals surface area contributed by atoms with E-state index in [1.165, 1.54) is 0 Å². The third-order valence-corrected chi connectivity index (χ3v) is 3.58. The van der Waals surface area contributed by atoms with Crippen LogP contribution in [-0.2, 0) is 0 Å². The van der Waals surface area contributed by atoms with E-state index in [2.05, 4.69) is 30.2 Å². The van der Waals surface area contributed by atoms with Crippen LogP contribution in [0.2, 0.25) is 0 Å². The summed E-state index contributed by atoms with van der Waals surface area (Å²) in [5, 5.41) is 4.24. The van der Waals surface area contributed by atoms with Gasteiger partial charge in [-0.3, -0.25) is 0 Å². The molecule has 0 aliphatic heterocycles. The predicted molar refractivity (Wildman–Crippen MR) is 82.1 cm³/mol. The highest BCUT2D eigenvalue weighted by Gasteiger charge is 2.05. The van der Waals surface area contributed by atoms with Crippen molar-refractivity contribution in [1.82, 2.24) is 4.98 Å². The van der Waals surface area contributed by atoms with E-state index in [4.69, 9.17) is 10.5 Å². The molecular weight excluding hydrogens is 258 g/mol. The van der Waals surface area contributed by atoms with Gasteiger partial charge in [0.1, 0.15) is 5.75 Å². The molecule has 0 radical (unpaired) electrons. The summed E-state index contributed by atoms with van der Waals surface area (Å²) in [5.41, 5.74) is 6.48. The number of hydrogen-bond acceptors (Lipinski definition) is 5. The number of nitrogens with zero attached hydrogens (tertiary/aromatic N) is 1.